The van der Waals surface area contributed by atoms with Gasteiger partial charge in [0.1, 0.15) is 6.04 Å². The van der Waals surface area contributed by atoms with Crippen LogP contribution in [0.15, 0.2) is 42.5 Å². The zero-order valence-corrected chi connectivity index (χ0v) is 17.4. The summed E-state index contributed by atoms with van der Waals surface area (Å²) >= 11 is 0. The molecule has 2 N–H and O–H groups in total. The van der Waals surface area contributed by atoms with E-state index in [0.29, 0.717) is 30.4 Å². The van der Waals surface area contributed by atoms with E-state index in [0.717, 1.165) is 31.2 Å². The number of rotatable bonds is 9. The van der Waals surface area contributed by atoms with Crippen molar-refractivity contribution in [2.75, 3.05) is 13.1 Å². The Kier molecular flexibility index (Phi) is 7.63. The number of carbonyl (C=O) groups is 3. The molecule has 3 amide bonds. The van der Waals surface area contributed by atoms with Gasteiger partial charge in [-0.3, -0.25) is 19.6 Å². The summed E-state index contributed by atoms with van der Waals surface area (Å²) in [6.07, 6.45) is 8.93. The van der Waals surface area contributed by atoms with Crippen molar-refractivity contribution in [1.82, 2.24) is 15.3 Å². The van der Waals surface area contributed by atoms with Crippen LogP contribution in [0.4, 0.5) is 0 Å². The highest BCUT2D eigenvalue weighted by atomic mass is 16.5. The molecule has 0 unspecified atom stereocenters. The quantitative estimate of drug-likeness (QED) is 0.282. The Balaban J connectivity index is 1.67. The minimum atomic E-state index is -0.682. The van der Waals surface area contributed by atoms with Crippen molar-refractivity contribution in [2.45, 2.75) is 51.1 Å². The molecule has 3 atom stereocenters. The van der Waals surface area contributed by atoms with E-state index in [1.807, 2.05) is 43.3 Å². The maximum Gasteiger partial charge on any atom is 0.247 e. The lowest BCUT2D eigenvalue weighted by Crippen LogP contribution is -2.50. The maximum atomic E-state index is 13.3. The van der Waals surface area contributed by atoms with Gasteiger partial charge in [-0.25, -0.2) is 5.06 Å². The Bertz CT molecular complexity index is 761. The first-order valence-electron chi connectivity index (χ1n) is 10.7. The van der Waals surface area contributed by atoms with Gasteiger partial charge < -0.3 is 10.2 Å². The van der Waals surface area contributed by atoms with Crippen LogP contribution in [0.3, 0.4) is 0 Å². The van der Waals surface area contributed by atoms with Gasteiger partial charge in [0.05, 0.1) is 18.5 Å². The first-order chi connectivity index (χ1) is 14.5. The fraction of sp³-hybridized carbons (Fsp3) is 0.522. The number of nitrogens with one attached hydrogen (secondary N) is 1. The molecule has 0 radical (unpaired) electrons. The monoisotopic (exact) mass is 413 g/mol. The number of nitrogens with zero attached hydrogens (tertiary/aromatic N) is 2. The van der Waals surface area contributed by atoms with E-state index >= 15 is 0 Å². The van der Waals surface area contributed by atoms with E-state index in [1.165, 1.54) is 0 Å². The summed E-state index contributed by atoms with van der Waals surface area (Å²) in [4.78, 5) is 38.7. The zero-order chi connectivity index (χ0) is 21.5. The molecule has 1 aromatic rings. The highest BCUT2D eigenvalue weighted by Gasteiger charge is 2.36. The molecule has 1 aliphatic carbocycles. The lowest BCUT2D eigenvalue weighted by Gasteiger charge is -2.31. The van der Waals surface area contributed by atoms with Crippen molar-refractivity contribution in [3.63, 3.8) is 0 Å². The average molecular weight is 414 g/mol. The zero-order valence-electron chi connectivity index (χ0n) is 17.4. The third kappa shape index (κ3) is 5.48. The highest BCUT2D eigenvalue weighted by molar-refractivity contribution is 5.91. The van der Waals surface area contributed by atoms with Gasteiger partial charge in [-0.1, -0.05) is 68.2 Å². The number of hydroxylamine groups is 2. The van der Waals surface area contributed by atoms with Crippen molar-refractivity contribution < 1.29 is 19.6 Å². The lowest BCUT2D eigenvalue weighted by atomic mass is 9.91. The van der Waals surface area contributed by atoms with Crippen molar-refractivity contribution in [1.29, 1.82) is 0 Å². The fourth-order valence-electron chi connectivity index (χ4n) is 4.51. The van der Waals surface area contributed by atoms with Crippen molar-refractivity contribution in [3.8, 4) is 0 Å². The van der Waals surface area contributed by atoms with Crippen molar-refractivity contribution >= 4 is 18.2 Å². The predicted octanol–water partition coefficient (Wildman–Crippen LogP) is 2.67. The van der Waals surface area contributed by atoms with Gasteiger partial charge in [0.15, 0.2) is 0 Å². The topological polar surface area (TPSA) is 90.0 Å². The van der Waals surface area contributed by atoms with Crippen molar-refractivity contribution in [2.24, 2.45) is 11.8 Å². The Morgan fingerprint density at radius 2 is 1.97 bits per heavy atom. The molecule has 1 fully saturated rings. The van der Waals surface area contributed by atoms with Crippen LogP contribution in [0.1, 0.15) is 50.6 Å². The van der Waals surface area contributed by atoms with Crippen LogP contribution >= 0.6 is 0 Å². The van der Waals surface area contributed by atoms with Crippen LogP contribution in [-0.2, 0) is 14.4 Å². The third-order valence-electron chi connectivity index (χ3n) is 6.14. The summed E-state index contributed by atoms with van der Waals surface area (Å²) in [7, 11) is 0. The minimum Gasteiger partial charge on any atom is -0.348 e. The van der Waals surface area contributed by atoms with E-state index in [-0.39, 0.29) is 24.4 Å². The second-order valence-corrected chi connectivity index (χ2v) is 8.32. The van der Waals surface area contributed by atoms with Crippen LogP contribution in [0.5, 0.6) is 0 Å². The number of hydrogen-bond donors (Lipinski definition) is 2. The van der Waals surface area contributed by atoms with Gasteiger partial charge in [-0.2, -0.15) is 0 Å². The molecule has 162 valence electrons. The molecule has 1 aromatic carbocycles. The normalized spacial score (nSPS) is 20.7. The van der Waals surface area contributed by atoms with Crippen LogP contribution < -0.4 is 5.32 Å². The van der Waals surface area contributed by atoms with Gasteiger partial charge in [0, 0.05) is 6.54 Å². The molecule has 0 spiro atoms. The molecule has 0 saturated heterocycles. The summed E-state index contributed by atoms with van der Waals surface area (Å²) in [5, 5.41) is 13.2. The number of benzene rings is 1. The Hall–Kier alpha value is -2.67. The van der Waals surface area contributed by atoms with Gasteiger partial charge in [-0.15, -0.1) is 0 Å². The van der Waals surface area contributed by atoms with Crippen LogP contribution in [0, 0.1) is 11.8 Å². The summed E-state index contributed by atoms with van der Waals surface area (Å²) in [5.41, 5.74) is 0.992. The third-order valence-corrected chi connectivity index (χ3v) is 6.14. The molecule has 1 aliphatic heterocycles. The largest absolute Gasteiger partial charge is 0.348 e. The second kappa shape index (κ2) is 10.4. The summed E-state index contributed by atoms with van der Waals surface area (Å²) in [6, 6.07) is 8.80. The van der Waals surface area contributed by atoms with Crippen LogP contribution in [0.25, 0.3) is 0 Å². The smallest absolute Gasteiger partial charge is 0.247 e. The van der Waals surface area contributed by atoms with Gasteiger partial charge >= 0.3 is 0 Å². The Morgan fingerprint density at radius 3 is 2.63 bits per heavy atom. The lowest BCUT2D eigenvalue weighted by molar-refractivity contribution is -0.158. The van der Waals surface area contributed by atoms with Gasteiger partial charge in [0.2, 0.25) is 18.2 Å². The molecular formula is C23H31N3O4. The molecule has 1 saturated carbocycles. The first kappa shape index (κ1) is 22.0. The van der Waals surface area contributed by atoms with Crippen molar-refractivity contribution in [3.05, 3.63) is 48.0 Å². The number of amides is 3. The molecule has 0 bridgehead atoms. The maximum absolute atomic E-state index is 13.3. The highest BCUT2D eigenvalue weighted by Crippen LogP contribution is 2.32. The Morgan fingerprint density at radius 1 is 1.27 bits per heavy atom. The predicted molar refractivity (Wildman–Crippen MR) is 112 cm³/mol. The molecule has 3 rings (SSSR count). The standard InChI is InChI=1S/C23H31N3O4/c1-17(19-10-3-2-4-11-19)24-22(28)21-12-7-13-26(21)23(29)20(15-25(30)16-27)14-18-8-5-6-9-18/h2-4,7,10-12,16-18,20-21,30H,5-6,8-9,13-15H2,1H3,(H,24,28)/t17-,20+,21-/m0/s1. The van der Waals surface area contributed by atoms with Crippen LogP contribution in [0.2, 0.25) is 0 Å². The molecule has 7 nitrogen and oxygen atoms in total. The molecule has 30 heavy (non-hydrogen) atoms. The molecule has 2 aliphatic rings. The number of hydrogen-bond acceptors (Lipinski definition) is 4. The van der Waals surface area contributed by atoms with Gasteiger partial charge in [0.25, 0.3) is 0 Å². The van der Waals surface area contributed by atoms with Crippen LogP contribution in [-0.4, -0.2) is 52.5 Å². The molecule has 1 heterocycles. The van der Waals surface area contributed by atoms with E-state index in [2.05, 4.69) is 5.32 Å². The summed E-state index contributed by atoms with van der Waals surface area (Å²) in [5.74, 6) is -0.533. The fourth-order valence-corrected chi connectivity index (χ4v) is 4.51. The van der Waals surface area contributed by atoms with E-state index in [9.17, 15) is 19.6 Å². The van der Waals surface area contributed by atoms with Gasteiger partial charge in [-0.05, 0) is 24.8 Å². The SMILES string of the molecule is C[C@H](NC(=O)[C@@H]1C=CCN1C(=O)[C@H](CC1CCCC1)CN(O)C=O)c1ccccc1. The summed E-state index contributed by atoms with van der Waals surface area (Å²) in [6.45, 7) is 2.21. The molecular weight excluding hydrogens is 382 g/mol. The molecule has 0 aromatic heterocycles. The van der Waals surface area contributed by atoms with E-state index < -0.39 is 12.0 Å². The first-order valence-corrected chi connectivity index (χ1v) is 10.7. The summed E-state index contributed by atoms with van der Waals surface area (Å²) < 4.78 is 0. The average Bonchev–Trinajstić information content (AvgIpc) is 3.45. The van der Waals surface area contributed by atoms with E-state index in [4.69, 9.17) is 0 Å². The van der Waals surface area contributed by atoms with E-state index in [1.54, 1.807) is 11.0 Å². The second-order valence-electron chi connectivity index (χ2n) is 8.32. The Labute approximate surface area is 177 Å². The molecule has 7 heteroatoms. The number of carbonyl (C=O) groups excluding carboxylic acids is 3. The minimum absolute atomic E-state index is 0.0515.